The zero-order chi connectivity index (χ0) is 14.6. The van der Waals surface area contributed by atoms with E-state index < -0.39 is 15.8 Å². The van der Waals surface area contributed by atoms with E-state index in [0.717, 1.165) is 0 Å². The summed E-state index contributed by atoms with van der Waals surface area (Å²) >= 11 is 0. The van der Waals surface area contributed by atoms with Crippen molar-refractivity contribution in [3.05, 3.63) is 29.1 Å². The highest BCUT2D eigenvalue weighted by molar-refractivity contribution is 7.89. The molecule has 0 radical (unpaired) electrons. The SMILES string of the molecule is COCCN(C)S(=O)(=O)c1cc(C)c(F)c(CN)c1. The number of halogens is 1. The number of nitrogens with zero attached hydrogens (tertiary/aromatic N) is 1. The molecule has 108 valence electrons. The zero-order valence-electron chi connectivity index (χ0n) is 11.3. The fourth-order valence-corrected chi connectivity index (χ4v) is 2.92. The Morgan fingerprint density at radius 2 is 2.05 bits per heavy atom. The van der Waals surface area contributed by atoms with Crippen molar-refractivity contribution >= 4 is 10.0 Å². The molecule has 0 bridgehead atoms. The minimum Gasteiger partial charge on any atom is -0.383 e. The van der Waals surface area contributed by atoms with Crippen LogP contribution in [0.4, 0.5) is 4.39 Å². The van der Waals surface area contributed by atoms with Crippen LogP contribution in [0.5, 0.6) is 0 Å². The topological polar surface area (TPSA) is 72.6 Å². The fourth-order valence-electron chi connectivity index (χ4n) is 1.62. The van der Waals surface area contributed by atoms with Crippen LogP contribution >= 0.6 is 0 Å². The van der Waals surface area contributed by atoms with Crippen LogP contribution in [0.15, 0.2) is 17.0 Å². The average molecular weight is 290 g/mol. The highest BCUT2D eigenvalue weighted by Gasteiger charge is 2.22. The van der Waals surface area contributed by atoms with Gasteiger partial charge < -0.3 is 10.5 Å². The molecule has 0 fully saturated rings. The van der Waals surface area contributed by atoms with Gasteiger partial charge in [0.15, 0.2) is 0 Å². The molecule has 0 aliphatic rings. The molecule has 0 aromatic heterocycles. The van der Waals surface area contributed by atoms with Crippen LogP contribution in [0.3, 0.4) is 0 Å². The lowest BCUT2D eigenvalue weighted by Crippen LogP contribution is -2.30. The van der Waals surface area contributed by atoms with E-state index in [1.54, 1.807) is 0 Å². The lowest BCUT2D eigenvalue weighted by Gasteiger charge is -2.18. The molecule has 1 rings (SSSR count). The number of aryl methyl sites for hydroxylation is 1. The van der Waals surface area contributed by atoms with E-state index in [9.17, 15) is 12.8 Å². The summed E-state index contributed by atoms with van der Waals surface area (Å²) in [6.45, 7) is 1.99. The Balaban J connectivity index is 3.18. The molecule has 5 nitrogen and oxygen atoms in total. The maximum absolute atomic E-state index is 13.7. The first kappa shape index (κ1) is 16.0. The quantitative estimate of drug-likeness (QED) is 0.843. The third kappa shape index (κ3) is 3.50. The summed E-state index contributed by atoms with van der Waals surface area (Å²) < 4.78 is 44.2. The molecule has 19 heavy (non-hydrogen) atoms. The molecule has 0 saturated heterocycles. The van der Waals surface area contributed by atoms with Gasteiger partial charge in [0, 0.05) is 32.8 Å². The van der Waals surface area contributed by atoms with Gasteiger partial charge in [-0.05, 0) is 24.6 Å². The van der Waals surface area contributed by atoms with E-state index in [1.165, 1.54) is 37.5 Å². The molecule has 2 N–H and O–H groups in total. The standard InChI is InChI=1S/C12H19FN2O3S/c1-9-6-11(7-10(8-14)12(9)13)19(16,17)15(2)4-5-18-3/h6-7H,4-5,8,14H2,1-3H3. The van der Waals surface area contributed by atoms with Gasteiger partial charge in [-0.15, -0.1) is 0 Å². The van der Waals surface area contributed by atoms with Crippen molar-refractivity contribution in [2.24, 2.45) is 5.73 Å². The van der Waals surface area contributed by atoms with Crippen LogP contribution in [0, 0.1) is 12.7 Å². The Morgan fingerprint density at radius 1 is 1.42 bits per heavy atom. The number of hydrogen-bond donors (Lipinski definition) is 1. The third-order valence-corrected chi connectivity index (χ3v) is 4.68. The number of nitrogens with two attached hydrogens (primary N) is 1. The largest absolute Gasteiger partial charge is 0.383 e. The van der Waals surface area contributed by atoms with Crippen molar-refractivity contribution in [3.8, 4) is 0 Å². The van der Waals surface area contributed by atoms with Gasteiger partial charge in [0.05, 0.1) is 11.5 Å². The molecular weight excluding hydrogens is 271 g/mol. The summed E-state index contributed by atoms with van der Waals surface area (Å²) in [4.78, 5) is 0.0467. The third-order valence-electron chi connectivity index (χ3n) is 2.84. The van der Waals surface area contributed by atoms with Gasteiger partial charge in [-0.2, -0.15) is 4.31 Å². The summed E-state index contributed by atoms with van der Waals surface area (Å²) in [7, 11) is -0.703. The maximum atomic E-state index is 13.7. The Kier molecular flexibility index (Phi) is 5.42. The average Bonchev–Trinajstić information content (AvgIpc) is 2.38. The Bertz CT molecular complexity index is 546. The molecule has 0 amide bonds. The van der Waals surface area contributed by atoms with Crippen LogP contribution < -0.4 is 5.73 Å². The van der Waals surface area contributed by atoms with Crippen LogP contribution in [0.1, 0.15) is 11.1 Å². The number of ether oxygens (including phenoxy) is 1. The first-order chi connectivity index (χ1) is 8.84. The summed E-state index contributed by atoms with van der Waals surface area (Å²) in [6.07, 6.45) is 0. The minimum absolute atomic E-state index is 0.0438. The van der Waals surface area contributed by atoms with Crippen molar-refractivity contribution in [1.82, 2.24) is 4.31 Å². The minimum atomic E-state index is -3.65. The smallest absolute Gasteiger partial charge is 0.242 e. The van der Waals surface area contributed by atoms with Crippen molar-refractivity contribution < 1.29 is 17.5 Å². The Morgan fingerprint density at radius 3 is 2.58 bits per heavy atom. The van der Waals surface area contributed by atoms with Crippen LogP contribution in [-0.2, 0) is 21.3 Å². The second-order valence-electron chi connectivity index (χ2n) is 4.24. The summed E-state index contributed by atoms with van der Waals surface area (Å²) in [5.74, 6) is -0.457. The van der Waals surface area contributed by atoms with Crippen molar-refractivity contribution in [3.63, 3.8) is 0 Å². The molecule has 0 aliphatic carbocycles. The van der Waals surface area contributed by atoms with Gasteiger partial charge in [0.1, 0.15) is 5.82 Å². The second-order valence-corrected chi connectivity index (χ2v) is 6.28. The number of sulfonamides is 1. The van der Waals surface area contributed by atoms with Crippen molar-refractivity contribution in [1.29, 1.82) is 0 Å². The molecule has 0 atom stereocenters. The van der Waals surface area contributed by atoms with Gasteiger partial charge in [0.2, 0.25) is 10.0 Å². The second kappa shape index (κ2) is 6.42. The molecule has 1 aromatic carbocycles. The number of benzene rings is 1. The molecule has 0 unspecified atom stereocenters. The van der Waals surface area contributed by atoms with Gasteiger partial charge in [-0.3, -0.25) is 0 Å². The van der Waals surface area contributed by atoms with Crippen LogP contribution in [0.2, 0.25) is 0 Å². The van der Waals surface area contributed by atoms with Crippen LogP contribution in [-0.4, -0.2) is 40.0 Å². The Labute approximate surface area is 113 Å². The molecule has 0 heterocycles. The summed E-state index contributed by atoms with van der Waals surface area (Å²) in [6, 6.07) is 2.59. The summed E-state index contributed by atoms with van der Waals surface area (Å²) in [5.41, 5.74) is 5.88. The van der Waals surface area contributed by atoms with E-state index >= 15 is 0 Å². The van der Waals surface area contributed by atoms with Gasteiger partial charge in [-0.1, -0.05) is 0 Å². The lowest BCUT2D eigenvalue weighted by molar-refractivity contribution is 0.185. The summed E-state index contributed by atoms with van der Waals surface area (Å²) in [5, 5.41) is 0. The van der Waals surface area contributed by atoms with Crippen molar-refractivity contribution in [2.45, 2.75) is 18.4 Å². The predicted octanol–water partition coefficient (Wildman–Crippen LogP) is 0.860. The van der Waals surface area contributed by atoms with E-state index in [4.69, 9.17) is 10.5 Å². The van der Waals surface area contributed by atoms with Gasteiger partial charge in [-0.25, -0.2) is 12.8 Å². The molecular formula is C12H19FN2O3S. The lowest BCUT2D eigenvalue weighted by atomic mass is 10.1. The normalized spacial score (nSPS) is 12.1. The number of rotatable bonds is 6. The van der Waals surface area contributed by atoms with Gasteiger partial charge in [0.25, 0.3) is 0 Å². The molecule has 0 aliphatic heterocycles. The van der Waals surface area contributed by atoms with E-state index in [2.05, 4.69) is 0 Å². The van der Waals surface area contributed by atoms with Crippen molar-refractivity contribution in [2.75, 3.05) is 27.3 Å². The van der Waals surface area contributed by atoms with E-state index in [1.807, 2.05) is 0 Å². The number of methoxy groups -OCH3 is 1. The first-order valence-electron chi connectivity index (χ1n) is 5.79. The molecule has 1 aromatic rings. The molecule has 0 spiro atoms. The molecule has 0 saturated carbocycles. The molecule has 7 heteroatoms. The maximum Gasteiger partial charge on any atom is 0.242 e. The van der Waals surface area contributed by atoms with E-state index in [-0.39, 0.29) is 29.1 Å². The number of hydrogen-bond acceptors (Lipinski definition) is 4. The van der Waals surface area contributed by atoms with Gasteiger partial charge >= 0.3 is 0 Å². The first-order valence-corrected chi connectivity index (χ1v) is 7.23. The monoisotopic (exact) mass is 290 g/mol. The highest BCUT2D eigenvalue weighted by Crippen LogP contribution is 2.21. The Hall–Kier alpha value is -1.02. The highest BCUT2D eigenvalue weighted by atomic mass is 32.2. The predicted molar refractivity (Wildman–Crippen MR) is 70.7 cm³/mol. The fraction of sp³-hybridized carbons (Fsp3) is 0.500. The van der Waals surface area contributed by atoms with Crippen LogP contribution in [0.25, 0.3) is 0 Å². The zero-order valence-corrected chi connectivity index (χ0v) is 12.1. The van der Waals surface area contributed by atoms with E-state index in [0.29, 0.717) is 6.61 Å². The number of likely N-dealkylation sites (N-methyl/N-ethyl adjacent to an activating group) is 1.